The van der Waals surface area contributed by atoms with Gasteiger partial charge >= 0.3 is 0 Å². The second-order valence-corrected chi connectivity index (χ2v) is 8.74. The summed E-state index contributed by atoms with van der Waals surface area (Å²) >= 11 is 8.55. The van der Waals surface area contributed by atoms with E-state index < -0.39 is 0 Å². The summed E-state index contributed by atoms with van der Waals surface area (Å²) in [4.78, 5) is 0. The van der Waals surface area contributed by atoms with Crippen molar-refractivity contribution in [2.45, 2.75) is 63.9 Å². The van der Waals surface area contributed by atoms with Gasteiger partial charge < -0.3 is 4.74 Å². The second-order valence-electron chi connectivity index (χ2n) is 7.10. The molecule has 0 aromatic heterocycles. The van der Waals surface area contributed by atoms with Crippen molar-refractivity contribution >= 4 is 23.4 Å². The topological polar surface area (TPSA) is 9.23 Å². The molecule has 3 unspecified atom stereocenters. The van der Waals surface area contributed by atoms with Gasteiger partial charge in [0.25, 0.3) is 0 Å². The molecule has 0 aromatic rings. The van der Waals surface area contributed by atoms with Crippen LogP contribution in [-0.2, 0) is 4.74 Å². The molecule has 3 heteroatoms. The molecule has 0 aromatic carbocycles. The summed E-state index contributed by atoms with van der Waals surface area (Å²) in [5, 5.41) is 0.300. The minimum Gasteiger partial charge on any atom is -0.374 e. The molecule has 2 saturated heterocycles. The average Bonchev–Trinajstić information content (AvgIpc) is 2.73. The Kier molecular flexibility index (Phi) is 4.94. The first kappa shape index (κ1) is 15.0. The Morgan fingerprint density at radius 1 is 1.44 bits per heavy atom. The van der Waals surface area contributed by atoms with Crippen LogP contribution in [0.2, 0.25) is 0 Å². The van der Waals surface area contributed by atoms with Crippen molar-refractivity contribution < 1.29 is 4.74 Å². The maximum atomic E-state index is 6.49. The lowest BCUT2D eigenvalue weighted by Gasteiger charge is -2.38. The summed E-state index contributed by atoms with van der Waals surface area (Å²) in [5.41, 5.74) is 0.463. The molecule has 3 atom stereocenters. The molecule has 2 aliphatic heterocycles. The molecule has 0 bridgehead atoms. The summed E-state index contributed by atoms with van der Waals surface area (Å²) in [6.07, 6.45) is 6.20. The van der Waals surface area contributed by atoms with E-state index in [0.717, 1.165) is 18.9 Å². The molecule has 2 rings (SSSR count). The molecule has 0 amide bonds. The van der Waals surface area contributed by atoms with Crippen LogP contribution >= 0.6 is 23.4 Å². The zero-order chi connectivity index (χ0) is 13.2. The zero-order valence-corrected chi connectivity index (χ0v) is 13.6. The monoisotopic (exact) mass is 290 g/mol. The van der Waals surface area contributed by atoms with Crippen LogP contribution in [0.5, 0.6) is 0 Å². The lowest BCUT2D eigenvalue weighted by Crippen LogP contribution is -2.40. The van der Waals surface area contributed by atoms with E-state index in [4.69, 9.17) is 16.3 Å². The summed E-state index contributed by atoms with van der Waals surface area (Å²) in [6.45, 7) is 7.69. The third-order valence-electron chi connectivity index (χ3n) is 4.43. The van der Waals surface area contributed by atoms with E-state index in [0.29, 0.717) is 5.38 Å². The van der Waals surface area contributed by atoms with Crippen molar-refractivity contribution in [2.75, 3.05) is 18.1 Å². The molecule has 2 fully saturated rings. The van der Waals surface area contributed by atoms with E-state index in [9.17, 15) is 0 Å². The maximum Gasteiger partial charge on any atom is 0.0783 e. The van der Waals surface area contributed by atoms with Crippen molar-refractivity contribution in [2.24, 2.45) is 11.3 Å². The van der Waals surface area contributed by atoms with Gasteiger partial charge in [-0.25, -0.2) is 0 Å². The molecule has 0 radical (unpaired) electrons. The molecular formula is C15H27ClOS. The van der Waals surface area contributed by atoms with Crippen molar-refractivity contribution in [3.8, 4) is 0 Å². The Balaban J connectivity index is 1.79. The van der Waals surface area contributed by atoms with Gasteiger partial charge in [0.15, 0.2) is 0 Å². The standard InChI is InChI=1S/C15H27ClOS/c1-14(2,3)13(16)5-4-12-6-8-17-15(10-12)7-9-18-11-15/h12-13H,4-11H2,1-3H3. The minimum atomic E-state index is 0.230. The maximum absolute atomic E-state index is 6.49. The zero-order valence-electron chi connectivity index (χ0n) is 12.0. The van der Waals surface area contributed by atoms with Crippen molar-refractivity contribution in [3.05, 3.63) is 0 Å². The number of ether oxygens (including phenoxy) is 1. The average molecular weight is 291 g/mol. The van der Waals surface area contributed by atoms with Crippen LogP contribution in [0.3, 0.4) is 0 Å². The Hall–Kier alpha value is 0.600. The van der Waals surface area contributed by atoms with Gasteiger partial charge in [0, 0.05) is 17.7 Å². The fraction of sp³-hybridized carbons (Fsp3) is 1.00. The summed E-state index contributed by atoms with van der Waals surface area (Å²) in [6, 6.07) is 0. The van der Waals surface area contributed by atoms with Gasteiger partial charge in [-0.3, -0.25) is 0 Å². The predicted molar refractivity (Wildman–Crippen MR) is 81.7 cm³/mol. The molecule has 1 spiro atoms. The fourth-order valence-electron chi connectivity index (χ4n) is 3.05. The predicted octanol–water partition coefficient (Wildman–Crippen LogP) is 4.72. The highest BCUT2D eigenvalue weighted by atomic mass is 35.5. The van der Waals surface area contributed by atoms with E-state index >= 15 is 0 Å². The van der Waals surface area contributed by atoms with E-state index in [1.165, 1.54) is 37.2 Å². The molecule has 1 nitrogen and oxygen atoms in total. The van der Waals surface area contributed by atoms with Crippen molar-refractivity contribution in [3.63, 3.8) is 0 Å². The Morgan fingerprint density at radius 2 is 2.22 bits per heavy atom. The Bertz CT molecular complexity index is 268. The summed E-state index contributed by atoms with van der Waals surface area (Å²) in [5.74, 6) is 3.33. The van der Waals surface area contributed by atoms with Crippen LogP contribution < -0.4 is 0 Å². The summed E-state index contributed by atoms with van der Waals surface area (Å²) in [7, 11) is 0. The van der Waals surface area contributed by atoms with Crippen LogP contribution in [0, 0.1) is 11.3 Å². The lowest BCUT2D eigenvalue weighted by atomic mass is 9.80. The van der Waals surface area contributed by atoms with Crippen LogP contribution in [-0.4, -0.2) is 29.1 Å². The number of hydrogen-bond acceptors (Lipinski definition) is 2. The molecule has 2 heterocycles. The third-order valence-corrected chi connectivity index (χ3v) is 6.53. The van der Waals surface area contributed by atoms with Gasteiger partial charge in [0.05, 0.1) is 5.60 Å². The first-order valence-corrected chi connectivity index (χ1v) is 8.86. The fourth-order valence-corrected chi connectivity index (χ4v) is 4.56. The number of alkyl halides is 1. The SMILES string of the molecule is CC(C)(C)C(Cl)CCC1CCOC2(CCSC2)C1. The molecule has 2 aliphatic rings. The highest BCUT2D eigenvalue weighted by molar-refractivity contribution is 7.99. The number of hydrogen-bond donors (Lipinski definition) is 0. The van der Waals surface area contributed by atoms with Crippen molar-refractivity contribution in [1.82, 2.24) is 0 Å². The highest BCUT2D eigenvalue weighted by Crippen LogP contribution is 2.42. The summed E-state index contributed by atoms with van der Waals surface area (Å²) < 4.78 is 6.08. The molecule has 0 aliphatic carbocycles. The molecule has 0 N–H and O–H groups in total. The largest absolute Gasteiger partial charge is 0.374 e. The van der Waals surface area contributed by atoms with Gasteiger partial charge in [-0.2, -0.15) is 11.8 Å². The minimum absolute atomic E-state index is 0.230. The molecular weight excluding hydrogens is 264 g/mol. The van der Waals surface area contributed by atoms with E-state index in [2.05, 4.69) is 32.5 Å². The van der Waals surface area contributed by atoms with Crippen LogP contribution in [0.15, 0.2) is 0 Å². The van der Waals surface area contributed by atoms with Crippen LogP contribution in [0.4, 0.5) is 0 Å². The molecule has 18 heavy (non-hydrogen) atoms. The van der Waals surface area contributed by atoms with Gasteiger partial charge in [-0.15, -0.1) is 11.6 Å². The van der Waals surface area contributed by atoms with Crippen LogP contribution in [0.1, 0.15) is 52.9 Å². The lowest BCUT2D eigenvalue weighted by molar-refractivity contribution is -0.0809. The van der Waals surface area contributed by atoms with Gasteiger partial charge in [-0.1, -0.05) is 20.8 Å². The molecule has 106 valence electrons. The van der Waals surface area contributed by atoms with Gasteiger partial charge in [-0.05, 0) is 49.2 Å². The number of halogens is 1. The van der Waals surface area contributed by atoms with Crippen LogP contribution in [0.25, 0.3) is 0 Å². The van der Waals surface area contributed by atoms with E-state index in [1.54, 1.807) is 0 Å². The Morgan fingerprint density at radius 3 is 2.83 bits per heavy atom. The third kappa shape index (κ3) is 3.80. The van der Waals surface area contributed by atoms with E-state index in [1.807, 2.05) is 0 Å². The van der Waals surface area contributed by atoms with E-state index in [-0.39, 0.29) is 11.0 Å². The second kappa shape index (κ2) is 5.93. The van der Waals surface area contributed by atoms with Gasteiger partial charge in [0.2, 0.25) is 0 Å². The Labute approximate surface area is 121 Å². The smallest absolute Gasteiger partial charge is 0.0783 e. The molecule has 0 saturated carbocycles. The first-order valence-electron chi connectivity index (χ1n) is 7.27. The van der Waals surface area contributed by atoms with Crippen molar-refractivity contribution in [1.29, 1.82) is 0 Å². The quantitative estimate of drug-likeness (QED) is 0.696. The highest BCUT2D eigenvalue weighted by Gasteiger charge is 2.40. The number of thioether (sulfide) groups is 1. The normalized spacial score (nSPS) is 35.0. The van der Waals surface area contributed by atoms with Gasteiger partial charge in [0.1, 0.15) is 0 Å². The first-order chi connectivity index (χ1) is 8.41. The number of rotatable bonds is 3.